The third kappa shape index (κ3) is 4.08. The van der Waals surface area contributed by atoms with E-state index in [0.29, 0.717) is 29.0 Å². The fourth-order valence-corrected chi connectivity index (χ4v) is 7.01. The van der Waals surface area contributed by atoms with Crippen LogP contribution in [0.4, 0.5) is 11.4 Å². The molecule has 0 bridgehead atoms. The Labute approximate surface area is 180 Å². The van der Waals surface area contributed by atoms with Gasteiger partial charge in [0.05, 0.1) is 16.8 Å². The molecule has 5 nitrogen and oxygen atoms in total. The molecule has 3 N–H and O–H groups in total. The SMILES string of the molecule is CCCCC1(CC)CS(=O)(=O)c2ccc(N(C)C)cc2[C@@H](c2cccc(N)c2)[C@H]1O. The Morgan fingerprint density at radius 1 is 1.17 bits per heavy atom. The van der Waals surface area contributed by atoms with Gasteiger partial charge in [-0.15, -0.1) is 0 Å². The summed E-state index contributed by atoms with van der Waals surface area (Å²) in [4.78, 5) is 2.27. The highest BCUT2D eigenvalue weighted by molar-refractivity contribution is 7.91. The Bertz CT molecular complexity index is 1000. The molecule has 2 aromatic rings. The highest BCUT2D eigenvalue weighted by Crippen LogP contribution is 2.49. The van der Waals surface area contributed by atoms with Gasteiger partial charge < -0.3 is 15.7 Å². The quantitative estimate of drug-likeness (QED) is 0.671. The first-order valence-electron chi connectivity index (χ1n) is 10.7. The molecule has 3 rings (SSSR count). The van der Waals surface area contributed by atoms with E-state index in [1.165, 1.54) is 0 Å². The normalized spacial score (nSPS) is 25.4. The van der Waals surface area contributed by atoms with Crippen molar-refractivity contribution < 1.29 is 13.5 Å². The molecule has 0 saturated carbocycles. The Kier molecular flexibility index (Phi) is 6.48. The lowest BCUT2D eigenvalue weighted by molar-refractivity contribution is 0.0174. The first kappa shape index (κ1) is 22.6. The van der Waals surface area contributed by atoms with Gasteiger partial charge in [-0.1, -0.05) is 38.8 Å². The van der Waals surface area contributed by atoms with Crippen LogP contribution in [0, 0.1) is 5.41 Å². The molecular formula is C24H34N2O3S. The number of benzene rings is 2. The van der Waals surface area contributed by atoms with E-state index in [0.717, 1.165) is 24.1 Å². The molecule has 0 amide bonds. The van der Waals surface area contributed by atoms with Crippen LogP contribution in [0.3, 0.4) is 0 Å². The maximum Gasteiger partial charge on any atom is 0.179 e. The third-order valence-corrected chi connectivity index (χ3v) is 8.60. The van der Waals surface area contributed by atoms with Crippen LogP contribution in [0.5, 0.6) is 0 Å². The van der Waals surface area contributed by atoms with Crippen LogP contribution in [0.2, 0.25) is 0 Å². The maximum atomic E-state index is 13.6. The zero-order valence-electron chi connectivity index (χ0n) is 18.4. The molecule has 6 heteroatoms. The Balaban J connectivity index is 2.32. The van der Waals surface area contributed by atoms with Crippen molar-refractivity contribution in [3.8, 4) is 0 Å². The summed E-state index contributed by atoms with van der Waals surface area (Å²) in [5, 5.41) is 11.8. The summed E-state index contributed by atoms with van der Waals surface area (Å²) in [7, 11) is 0.289. The smallest absolute Gasteiger partial charge is 0.179 e. The molecule has 0 saturated heterocycles. The summed E-state index contributed by atoms with van der Waals surface area (Å²) >= 11 is 0. The van der Waals surface area contributed by atoms with Gasteiger partial charge in [0.1, 0.15) is 0 Å². The van der Waals surface area contributed by atoms with Gasteiger partial charge in [0.25, 0.3) is 0 Å². The minimum atomic E-state index is -3.56. The number of unbranched alkanes of at least 4 members (excludes halogenated alkanes) is 1. The summed E-state index contributed by atoms with van der Waals surface area (Å²) in [6.45, 7) is 4.08. The van der Waals surface area contributed by atoms with Crippen molar-refractivity contribution in [2.45, 2.75) is 56.4 Å². The molecule has 1 aliphatic heterocycles. The molecule has 1 aliphatic rings. The lowest BCUT2D eigenvalue weighted by Crippen LogP contribution is -2.42. The van der Waals surface area contributed by atoms with Crippen molar-refractivity contribution >= 4 is 21.2 Å². The molecule has 0 spiro atoms. The molecule has 0 radical (unpaired) electrons. The molecule has 2 aromatic carbocycles. The number of hydrogen-bond donors (Lipinski definition) is 2. The highest BCUT2D eigenvalue weighted by atomic mass is 32.2. The topological polar surface area (TPSA) is 83.6 Å². The first-order chi connectivity index (χ1) is 14.1. The average Bonchev–Trinajstić information content (AvgIpc) is 2.77. The Morgan fingerprint density at radius 3 is 2.50 bits per heavy atom. The number of fused-ring (bicyclic) bond motifs is 1. The Hall–Kier alpha value is -2.05. The summed E-state index contributed by atoms with van der Waals surface area (Å²) in [5.74, 6) is -0.498. The molecular weight excluding hydrogens is 396 g/mol. The van der Waals surface area contributed by atoms with E-state index in [-0.39, 0.29) is 5.75 Å². The van der Waals surface area contributed by atoms with Gasteiger partial charge >= 0.3 is 0 Å². The number of nitrogens with zero attached hydrogens (tertiary/aromatic N) is 1. The molecule has 1 heterocycles. The monoisotopic (exact) mass is 430 g/mol. The summed E-state index contributed by atoms with van der Waals surface area (Å²) in [6, 6.07) is 12.9. The maximum absolute atomic E-state index is 13.6. The van der Waals surface area contributed by atoms with Crippen LogP contribution in [0.1, 0.15) is 56.6 Å². The van der Waals surface area contributed by atoms with E-state index in [4.69, 9.17) is 5.73 Å². The zero-order chi connectivity index (χ0) is 22.1. The number of anilines is 2. The molecule has 164 valence electrons. The van der Waals surface area contributed by atoms with Gasteiger partial charge in [-0.3, -0.25) is 0 Å². The van der Waals surface area contributed by atoms with E-state index in [1.54, 1.807) is 6.07 Å². The average molecular weight is 431 g/mol. The molecule has 0 fully saturated rings. The highest BCUT2D eigenvalue weighted by Gasteiger charge is 2.49. The van der Waals surface area contributed by atoms with Gasteiger partial charge in [-0.2, -0.15) is 0 Å². The standard InChI is InChI=1S/C24H34N2O3S/c1-5-7-13-24(6-2)16-30(28,29)21-12-11-19(26(3)4)15-20(21)22(23(24)27)17-9-8-10-18(25)14-17/h8-12,14-15,22-23,27H,5-7,13,16,25H2,1-4H3/t22-,23-,24?/m1/s1. The van der Waals surface area contributed by atoms with Crippen LogP contribution in [-0.4, -0.2) is 39.5 Å². The molecule has 0 aliphatic carbocycles. The largest absolute Gasteiger partial charge is 0.399 e. The van der Waals surface area contributed by atoms with Crippen molar-refractivity contribution in [2.24, 2.45) is 5.41 Å². The van der Waals surface area contributed by atoms with Crippen molar-refractivity contribution in [3.63, 3.8) is 0 Å². The number of nitrogens with two attached hydrogens (primary N) is 1. The Morgan fingerprint density at radius 2 is 1.90 bits per heavy atom. The molecule has 3 atom stereocenters. The molecule has 1 unspecified atom stereocenters. The van der Waals surface area contributed by atoms with Gasteiger partial charge in [0.2, 0.25) is 0 Å². The second kappa shape index (κ2) is 8.60. The van der Waals surface area contributed by atoms with Gasteiger partial charge in [-0.25, -0.2) is 8.42 Å². The second-order valence-electron chi connectivity index (χ2n) is 8.79. The van der Waals surface area contributed by atoms with Crippen LogP contribution >= 0.6 is 0 Å². The van der Waals surface area contributed by atoms with Crippen LogP contribution in [-0.2, 0) is 9.84 Å². The van der Waals surface area contributed by atoms with Crippen LogP contribution in [0.15, 0.2) is 47.4 Å². The number of aliphatic hydroxyl groups excluding tert-OH is 1. The lowest BCUT2D eigenvalue weighted by atomic mass is 9.69. The summed E-state index contributed by atoms with van der Waals surface area (Å²) < 4.78 is 27.1. The zero-order valence-corrected chi connectivity index (χ0v) is 19.2. The first-order valence-corrected chi connectivity index (χ1v) is 12.4. The van der Waals surface area contributed by atoms with Crippen molar-refractivity contribution in [3.05, 3.63) is 53.6 Å². The summed E-state index contributed by atoms with van der Waals surface area (Å²) in [5.41, 5.74) is 8.39. The third-order valence-electron chi connectivity index (χ3n) is 6.60. The lowest BCUT2D eigenvalue weighted by Gasteiger charge is -2.39. The second-order valence-corrected chi connectivity index (χ2v) is 10.7. The van der Waals surface area contributed by atoms with E-state index in [9.17, 15) is 13.5 Å². The number of nitrogen functional groups attached to an aromatic ring is 1. The summed E-state index contributed by atoms with van der Waals surface area (Å²) in [6.07, 6.45) is 2.27. The number of rotatable bonds is 6. The number of aliphatic hydroxyl groups is 1. The minimum absolute atomic E-state index is 0.0369. The van der Waals surface area contributed by atoms with Crippen LogP contribution < -0.4 is 10.6 Å². The fraction of sp³-hybridized carbons (Fsp3) is 0.500. The van der Waals surface area contributed by atoms with E-state index in [2.05, 4.69) is 6.92 Å². The van der Waals surface area contributed by atoms with Crippen molar-refractivity contribution in [2.75, 3.05) is 30.5 Å². The predicted molar refractivity (Wildman–Crippen MR) is 124 cm³/mol. The molecule has 30 heavy (non-hydrogen) atoms. The van der Waals surface area contributed by atoms with Crippen molar-refractivity contribution in [1.29, 1.82) is 0 Å². The number of hydrogen-bond acceptors (Lipinski definition) is 5. The van der Waals surface area contributed by atoms with Gasteiger partial charge in [0.15, 0.2) is 9.84 Å². The van der Waals surface area contributed by atoms with E-state index in [1.807, 2.05) is 62.3 Å². The van der Waals surface area contributed by atoms with Crippen molar-refractivity contribution in [1.82, 2.24) is 0 Å². The minimum Gasteiger partial charge on any atom is -0.399 e. The predicted octanol–water partition coefficient (Wildman–Crippen LogP) is 4.20. The fourth-order valence-electron chi connectivity index (χ4n) is 4.76. The van der Waals surface area contributed by atoms with Crippen LogP contribution in [0.25, 0.3) is 0 Å². The molecule has 0 aromatic heterocycles. The number of sulfone groups is 1. The van der Waals surface area contributed by atoms with E-state index < -0.39 is 27.3 Å². The van der Waals surface area contributed by atoms with Gasteiger partial charge in [-0.05, 0) is 54.3 Å². The van der Waals surface area contributed by atoms with Gasteiger partial charge in [0, 0.05) is 36.8 Å². The van der Waals surface area contributed by atoms with E-state index >= 15 is 0 Å².